The molecule has 1 aliphatic rings. The predicted molar refractivity (Wildman–Crippen MR) is 78.3 cm³/mol. The van der Waals surface area contributed by atoms with Crippen molar-refractivity contribution in [2.24, 2.45) is 5.73 Å². The topological polar surface area (TPSA) is 29.3 Å². The lowest BCUT2D eigenvalue weighted by Gasteiger charge is -2.37. The lowest BCUT2D eigenvalue weighted by Crippen LogP contribution is -2.48. The molecule has 1 fully saturated rings. The van der Waals surface area contributed by atoms with Gasteiger partial charge in [-0.1, -0.05) is 18.0 Å². The van der Waals surface area contributed by atoms with Crippen LogP contribution in [0.15, 0.2) is 11.4 Å². The van der Waals surface area contributed by atoms with Crippen LogP contribution in [0.5, 0.6) is 0 Å². The molecule has 2 nitrogen and oxygen atoms in total. The molecule has 2 rings (SSSR count). The number of hydrogen-bond acceptors (Lipinski definition) is 3. The van der Waals surface area contributed by atoms with E-state index in [0.717, 1.165) is 18.1 Å². The largest absolute Gasteiger partial charge is 0.327 e. The number of piperidine rings is 1. The number of thiophene rings is 1. The SMILES string of the molecule is CC(N)C1CCCCN1Cc1sccc1Cl.Cl. The molecule has 5 heteroatoms. The molecule has 0 aromatic carbocycles. The van der Waals surface area contributed by atoms with Gasteiger partial charge in [0.2, 0.25) is 0 Å². The molecule has 0 spiro atoms. The number of nitrogens with zero attached hydrogens (tertiary/aromatic N) is 1. The van der Waals surface area contributed by atoms with Crippen LogP contribution >= 0.6 is 35.3 Å². The van der Waals surface area contributed by atoms with Crippen LogP contribution in [-0.2, 0) is 6.54 Å². The van der Waals surface area contributed by atoms with Crippen molar-refractivity contribution < 1.29 is 0 Å². The maximum absolute atomic E-state index is 6.14. The summed E-state index contributed by atoms with van der Waals surface area (Å²) in [6.07, 6.45) is 3.81. The van der Waals surface area contributed by atoms with Crippen LogP contribution in [0.1, 0.15) is 31.1 Å². The first-order chi connectivity index (χ1) is 7.68. The Bertz CT molecular complexity index is 341. The maximum Gasteiger partial charge on any atom is 0.0558 e. The maximum atomic E-state index is 6.14. The summed E-state index contributed by atoms with van der Waals surface area (Å²) in [7, 11) is 0. The fraction of sp³-hybridized carbons (Fsp3) is 0.667. The van der Waals surface area contributed by atoms with E-state index in [-0.39, 0.29) is 18.4 Å². The summed E-state index contributed by atoms with van der Waals surface area (Å²) in [6, 6.07) is 2.75. The fourth-order valence-corrected chi connectivity index (χ4v) is 3.55. The summed E-state index contributed by atoms with van der Waals surface area (Å²) in [4.78, 5) is 3.76. The highest BCUT2D eigenvalue weighted by atomic mass is 35.5. The average Bonchev–Trinajstić information content (AvgIpc) is 2.65. The van der Waals surface area contributed by atoms with Crippen molar-refractivity contribution in [2.75, 3.05) is 6.54 Å². The molecule has 17 heavy (non-hydrogen) atoms. The molecule has 0 radical (unpaired) electrons. The molecule has 2 unspecified atom stereocenters. The van der Waals surface area contributed by atoms with Gasteiger partial charge in [-0.05, 0) is 37.8 Å². The molecule has 1 aromatic heterocycles. The molecule has 98 valence electrons. The number of likely N-dealkylation sites (tertiary alicyclic amines) is 1. The summed E-state index contributed by atoms with van der Waals surface area (Å²) >= 11 is 7.88. The van der Waals surface area contributed by atoms with Crippen molar-refractivity contribution in [1.82, 2.24) is 4.90 Å². The highest BCUT2D eigenvalue weighted by molar-refractivity contribution is 7.10. The van der Waals surface area contributed by atoms with Crippen LogP contribution in [0.4, 0.5) is 0 Å². The minimum absolute atomic E-state index is 0. The van der Waals surface area contributed by atoms with Gasteiger partial charge in [-0.15, -0.1) is 23.7 Å². The van der Waals surface area contributed by atoms with E-state index in [9.17, 15) is 0 Å². The Morgan fingerprint density at radius 1 is 1.59 bits per heavy atom. The van der Waals surface area contributed by atoms with Crippen LogP contribution in [-0.4, -0.2) is 23.5 Å². The first-order valence-electron chi connectivity index (χ1n) is 5.90. The van der Waals surface area contributed by atoms with Gasteiger partial charge in [0, 0.05) is 23.5 Å². The van der Waals surface area contributed by atoms with Crippen LogP contribution in [0.2, 0.25) is 5.02 Å². The molecule has 2 atom stereocenters. The standard InChI is InChI=1S/C12H19ClN2S.ClH/c1-9(14)11-4-2-3-6-15(11)8-12-10(13)5-7-16-12;/h5,7,9,11H,2-4,6,8,14H2,1H3;1H. The Labute approximate surface area is 119 Å². The minimum Gasteiger partial charge on any atom is -0.327 e. The molecule has 0 saturated carbocycles. The second-order valence-electron chi connectivity index (χ2n) is 4.58. The Balaban J connectivity index is 0.00000144. The van der Waals surface area contributed by atoms with E-state index in [4.69, 9.17) is 17.3 Å². The minimum atomic E-state index is 0. The summed E-state index contributed by atoms with van der Waals surface area (Å²) in [6.45, 7) is 4.22. The van der Waals surface area contributed by atoms with Crippen molar-refractivity contribution in [2.45, 2.75) is 44.8 Å². The van der Waals surface area contributed by atoms with Gasteiger partial charge < -0.3 is 5.73 Å². The molecule has 2 heterocycles. The van der Waals surface area contributed by atoms with Gasteiger partial charge in [0.15, 0.2) is 0 Å². The van der Waals surface area contributed by atoms with E-state index < -0.39 is 0 Å². The molecule has 1 aliphatic heterocycles. The first-order valence-corrected chi connectivity index (χ1v) is 7.15. The van der Waals surface area contributed by atoms with Crippen molar-refractivity contribution in [3.63, 3.8) is 0 Å². The van der Waals surface area contributed by atoms with Gasteiger partial charge in [-0.2, -0.15) is 0 Å². The van der Waals surface area contributed by atoms with Gasteiger partial charge in [0.25, 0.3) is 0 Å². The Kier molecular flexibility index (Phi) is 6.24. The van der Waals surface area contributed by atoms with E-state index in [1.807, 2.05) is 6.07 Å². The normalized spacial score (nSPS) is 23.1. The lowest BCUT2D eigenvalue weighted by atomic mass is 9.97. The predicted octanol–water partition coefficient (Wildman–Crippen LogP) is 3.53. The van der Waals surface area contributed by atoms with Crippen LogP contribution < -0.4 is 5.73 Å². The van der Waals surface area contributed by atoms with E-state index in [2.05, 4.69) is 17.2 Å². The number of rotatable bonds is 3. The van der Waals surface area contributed by atoms with Gasteiger partial charge >= 0.3 is 0 Å². The zero-order chi connectivity index (χ0) is 11.5. The lowest BCUT2D eigenvalue weighted by molar-refractivity contribution is 0.124. The van der Waals surface area contributed by atoms with Gasteiger partial charge in [0.05, 0.1) is 5.02 Å². The second-order valence-corrected chi connectivity index (χ2v) is 5.99. The molecule has 0 bridgehead atoms. The third kappa shape index (κ3) is 3.83. The van der Waals surface area contributed by atoms with Gasteiger partial charge in [-0.25, -0.2) is 0 Å². The third-order valence-electron chi connectivity index (χ3n) is 3.31. The van der Waals surface area contributed by atoms with Crippen LogP contribution in [0.3, 0.4) is 0 Å². The summed E-state index contributed by atoms with van der Waals surface area (Å²) in [5.41, 5.74) is 6.05. The molecule has 2 N–H and O–H groups in total. The average molecular weight is 295 g/mol. The van der Waals surface area contributed by atoms with E-state index in [0.29, 0.717) is 6.04 Å². The Hall–Kier alpha value is 0.200. The van der Waals surface area contributed by atoms with Gasteiger partial charge in [0.1, 0.15) is 0 Å². The molecule has 1 saturated heterocycles. The van der Waals surface area contributed by atoms with Gasteiger partial charge in [-0.3, -0.25) is 4.90 Å². The molecular weight excluding hydrogens is 275 g/mol. The van der Waals surface area contributed by atoms with Crippen LogP contribution in [0.25, 0.3) is 0 Å². The fourth-order valence-electron chi connectivity index (χ4n) is 2.43. The second kappa shape index (κ2) is 6.95. The number of nitrogens with two attached hydrogens (primary N) is 1. The molecular formula is C12H20Cl2N2S. The van der Waals surface area contributed by atoms with Crippen molar-refractivity contribution >= 4 is 35.3 Å². The monoisotopic (exact) mass is 294 g/mol. The van der Waals surface area contributed by atoms with Crippen molar-refractivity contribution in [1.29, 1.82) is 0 Å². The zero-order valence-electron chi connectivity index (χ0n) is 10.1. The number of hydrogen-bond donors (Lipinski definition) is 1. The van der Waals surface area contributed by atoms with E-state index in [1.165, 1.54) is 24.1 Å². The van der Waals surface area contributed by atoms with E-state index >= 15 is 0 Å². The highest BCUT2D eigenvalue weighted by Gasteiger charge is 2.25. The smallest absolute Gasteiger partial charge is 0.0558 e. The Morgan fingerprint density at radius 2 is 2.35 bits per heavy atom. The van der Waals surface area contributed by atoms with Crippen molar-refractivity contribution in [3.8, 4) is 0 Å². The first kappa shape index (κ1) is 15.3. The molecule has 0 aliphatic carbocycles. The quantitative estimate of drug-likeness (QED) is 0.924. The summed E-state index contributed by atoms with van der Waals surface area (Å²) in [5, 5.41) is 2.96. The summed E-state index contributed by atoms with van der Waals surface area (Å²) in [5.74, 6) is 0. The van der Waals surface area contributed by atoms with Crippen LogP contribution in [0, 0.1) is 0 Å². The zero-order valence-corrected chi connectivity index (χ0v) is 12.5. The summed E-state index contributed by atoms with van der Waals surface area (Å²) < 4.78 is 0. The highest BCUT2D eigenvalue weighted by Crippen LogP contribution is 2.27. The Morgan fingerprint density at radius 3 is 2.94 bits per heavy atom. The number of halogens is 2. The third-order valence-corrected chi connectivity index (χ3v) is 4.68. The van der Waals surface area contributed by atoms with E-state index in [1.54, 1.807) is 11.3 Å². The molecule has 0 amide bonds. The molecule has 1 aromatic rings. The van der Waals surface area contributed by atoms with Crippen molar-refractivity contribution in [3.05, 3.63) is 21.3 Å².